The molecule has 0 aromatic heterocycles. The van der Waals surface area contributed by atoms with Crippen molar-refractivity contribution in [2.75, 3.05) is 13.1 Å². The molecule has 1 saturated heterocycles. The molecule has 138 valence electrons. The number of piperidine rings is 1. The van der Waals surface area contributed by atoms with Crippen LogP contribution in [-0.4, -0.2) is 25.2 Å². The van der Waals surface area contributed by atoms with Gasteiger partial charge in [-0.05, 0) is 44.0 Å². The van der Waals surface area contributed by atoms with E-state index in [0.717, 1.165) is 44.0 Å². The van der Waals surface area contributed by atoms with E-state index < -0.39 is 11.6 Å². The van der Waals surface area contributed by atoms with Crippen LogP contribution in [-0.2, 0) is 6.61 Å². The van der Waals surface area contributed by atoms with E-state index >= 15 is 0 Å². The van der Waals surface area contributed by atoms with Crippen LogP contribution in [0.5, 0.6) is 5.75 Å². The molecule has 0 spiro atoms. The Bertz CT molecular complexity index is 747. The van der Waals surface area contributed by atoms with Gasteiger partial charge in [-0.3, -0.25) is 0 Å². The molecule has 0 radical (unpaired) electrons. The van der Waals surface area contributed by atoms with Crippen LogP contribution in [0.2, 0.25) is 0 Å². The Balaban J connectivity index is 1.47. The Morgan fingerprint density at radius 1 is 1.08 bits per heavy atom. The van der Waals surface area contributed by atoms with E-state index in [1.807, 2.05) is 30.3 Å². The molecule has 1 heterocycles. The van der Waals surface area contributed by atoms with Gasteiger partial charge in [-0.1, -0.05) is 30.3 Å². The first-order valence-corrected chi connectivity index (χ1v) is 9.33. The van der Waals surface area contributed by atoms with Gasteiger partial charge in [0.2, 0.25) is 0 Å². The van der Waals surface area contributed by atoms with E-state index in [1.54, 1.807) is 0 Å². The summed E-state index contributed by atoms with van der Waals surface area (Å²) in [5.74, 6) is -0.865. The summed E-state index contributed by atoms with van der Waals surface area (Å²) in [7, 11) is 0. The number of halogens is 2. The molecule has 0 bridgehead atoms. The molecule has 1 aliphatic carbocycles. The monoisotopic (exact) mass is 358 g/mol. The molecule has 2 atom stereocenters. The van der Waals surface area contributed by atoms with Crippen molar-refractivity contribution < 1.29 is 13.5 Å². The third-order valence-corrected chi connectivity index (χ3v) is 5.24. The van der Waals surface area contributed by atoms with Crippen LogP contribution >= 0.6 is 0 Å². The molecular formula is C21H24F2N2O. The first kappa shape index (κ1) is 17.4. The number of hydrogen-bond donors (Lipinski definition) is 2. The highest BCUT2D eigenvalue weighted by Gasteiger charge is 2.42. The molecule has 1 aliphatic heterocycles. The zero-order chi connectivity index (χ0) is 17.9. The Morgan fingerprint density at radius 3 is 2.62 bits per heavy atom. The molecule has 0 amide bonds. The number of hydrogen-bond acceptors (Lipinski definition) is 3. The van der Waals surface area contributed by atoms with Gasteiger partial charge in [0, 0.05) is 29.6 Å². The third kappa shape index (κ3) is 4.05. The van der Waals surface area contributed by atoms with Crippen molar-refractivity contribution in [2.45, 2.75) is 43.9 Å². The molecule has 2 aliphatic rings. The van der Waals surface area contributed by atoms with Crippen molar-refractivity contribution in [3.8, 4) is 5.75 Å². The Labute approximate surface area is 152 Å². The Hall–Kier alpha value is -1.98. The van der Waals surface area contributed by atoms with Gasteiger partial charge < -0.3 is 15.4 Å². The summed E-state index contributed by atoms with van der Waals surface area (Å²) in [6, 6.07) is 12.7. The van der Waals surface area contributed by atoms with Gasteiger partial charge in [0.05, 0.1) is 0 Å². The molecule has 2 aromatic rings. The van der Waals surface area contributed by atoms with Crippen molar-refractivity contribution in [1.82, 2.24) is 10.6 Å². The SMILES string of the molecule is Fc1cc(F)c(OCc2ccccc2)c(C2CC2NC2CCNCC2)c1. The predicted octanol–water partition coefficient (Wildman–Crippen LogP) is 3.74. The third-order valence-electron chi connectivity index (χ3n) is 5.24. The largest absolute Gasteiger partial charge is 0.486 e. The number of benzene rings is 2. The van der Waals surface area contributed by atoms with Crippen LogP contribution in [0.3, 0.4) is 0 Å². The minimum Gasteiger partial charge on any atom is -0.486 e. The lowest BCUT2D eigenvalue weighted by Gasteiger charge is -2.24. The molecule has 4 rings (SSSR count). The quantitative estimate of drug-likeness (QED) is 0.825. The van der Waals surface area contributed by atoms with E-state index in [4.69, 9.17) is 4.74 Å². The van der Waals surface area contributed by atoms with Crippen LogP contribution in [0, 0.1) is 11.6 Å². The van der Waals surface area contributed by atoms with Crippen LogP contribution < -0.4 is 15.4 Å². The fourth-order valence-corrected chi connectivity index (χ4v) is 3.75. The maximum atomic E-state index is 14.4. The topological polar surface area (TPSA) is 33.3 Å². The average Bonchev–Trinajstić information content (AvgIpc) is 3.41. The smallest absolute Gasteiger partial charge is 0.168 e. The van der Waals surface area contributed by atoms with Gasteiger partial charge in [0.25, 0.3) is 0 Å². The summed E-state index contributed by atoms with van der Waals surface area (Å²) in [5.41, 5.74) is 1.60. The van der Waals surface area contributed by atoms with Crippen LogP contribution in [0.1, 0.15) is 36.3 Å². The zero-order valence-electron chi connectivity index (χ0n) is 14.7. The normalized spacial score (nSPS) is 23.0. The molecule has 5 heteroatoms. The van der Waals surface area contributed by atoms with Gasteiger partial charge in [-0.15, -0.1) is 0 Å². The summed E-state index contributed by atoms with van der Waals surface area (Å²) in [6.45, 7) is 2.32. The number of nitrogens with one attached hydrogen (secondary N) is 2. The summed E-state index contributed by atoms with van der Waals surface area (Å²) in [4.78, 5) is 0. The molecule has 3 nitrogen and oxygen atoms in total. The highest BCUT2D eigenvalue weighted by atomic mass is 19.1. The van der Waals surface area contributed by atoms with Crippen molar-refractivity contribution in [3.63, 3.8) is 0 Å². The van der Waals surface area contributed by atoms with Gasteiger partial charge in [-0.25, -0.2) is 8.78 Å². The Kier molecular flexibility index (Phi) is 5.18. The fourth-order valence-electron chi connectivity index (χ4n) is 3.75. The van der Waals surface area contributed by atoms with Crippen molar-refractivity contribution >= 4 is 0 Å². The average molecular weight is 358 g/mol. The minimum atomic E-state index is -0.622. The molecular weight excluding hydrogens is 334 g/mol. The van der Waals surface area contributed by atoms with E-state index in [9.17, 15) is 8.78 Å². The van der Waals surface area contributed by atoms with E-state index in [-0.39, 0.29) is 24.3 Å². The fraction of sp³-hybridized carbons (Fsp3) is 0.429. The molecule has 2 aromatic carbocycles. The van der Waals surface area contributed by atoms with Gasteiger partial charge in [-0.2, -0.15) is 0 Å². The standard InChI is InChI=1S/C21H24F2N2O/c22-15-10-18(17-12-20(17)25-16-6-8-24-9-7-16)21(19(23)11-15)26-13-14-4-2-1-3-5-14/h1-5,10-11,16-17,20,24-25H,6-9,12-13H2. The van der Waals surface area contributed by atoms with Crippen molar-refractivity contribution in [3.05, 3.63) is 65.2 Å². The highest BCUT2D eigenvalue weighted by molar-refractivity contribution is 5.42. The van der Waals surface area contributed by atoms with Gasteiger partial charge in [0.1, 0.15) is 12.4 Å². The lowest BCUT2D eigenvalue weighted by molar-refractivity contribution is 0.285. The lowest BCUT2D eigenvalue weighted by atomic mass is 10.1. The second-order valence-electron chi connectivity index (χ2n) is 7.22. The first-order chi connectivity index (χ1) is 12.7. The van der Waals surface area contributed by atoms with Crippen LogP contribution in [0.15, 0.2) is 42.5 Å². The van der Waals surface area contributed by atoms with Crippen LogP contribution in [0.4, 0.5) is 8.78 Å². The number of rotatable bonds is 6. The van der Waals surface area contributed by atoms with E-state index in [0.29, 0.717) is 11.6 Å². The van der Waals surface area contributed by atoms with Gasteiger partial charge in [0.15, 0.2) is 11.6 Å². The van der Waals surface area contributed by atoms with Gasteiger partial charge >= 0.3 is 0 Å². The number of ether oxygens (including phenoxy) is 1. The second-order valence-corrected chi connectivity index (χ2v) is 7.22. The second kappa shape index (κ2) is 7.72. The maximum absolute atomic E-state index is 14.4. The van der Waals surface area contributed by atoms with Crippen molar-refractivity contribution in [1.29, 1.82) is 0 Å². The maximum Gasteiger partial charge on any atom is 0.168 e. The molecule has 2 N–H and O–H groups in total. The highest BCUT2D eigenvalue weighted by Crippen LogP contribution is 2.46. The molecule has 1 saturated carbocycles. The molecule has 2 unspecified atom stereocenters. The molecule has 26 heavy (non-hydrogen) atoms. The summed E-state index contributed by atoms with van der Waals surface area (Å²) in [6.07, 6.45) is 3.09. The lowest BCUT2D eigenvalue weighted by Crippen LogP contribution is -2.41. The minimum absolute atomic E-state index is 0.112. The van der Waals surface area contributed by atoms with Crippen molar-refractivity contribution in [2.24, 2.45) is 0 Å². The van der Waals surface area contributed by atoms with Crippen LogP contribution in [0.25, 0.3) is 0 Å². The summed E-state index contributed by atoms with van der Waals surface area (Å²) >= 11 is 0. The molecule has 2 fully saturated rings. The summed E-state index contributed by atoms with van der Waals surface area (Å²) < 4.78 is 34.0. The Morgan fingerprint density at radius 2 is 1.85 bits per heavy atom. The van der Waals surface area contributed by atoms with E-state index in [1.165, 1.54) is 6.07 Å². The zero-order valence-corrected chi connectivity index (χ0v) is 14.7. The summed E-state index contributed by atoms with van der Waals surface area (Å²) in [5, 5.41) is 6.99. The predicted molar refractivity (Wildman–Crippen MR) is 97.3 cm³/mol. The first-order valence-electron chi connectivity index (χ1n) is 9.33. The van der Waals surface area contributed by atoms with E-state index in [2.05, 4.69) is 10.6 Å².